The lowest BCUT2D eigenvalue weighted by Crippen LogP contribution is -2.35. The van der Waals surface area contributed by atoms with Gasteiger partial charge in [-0.15, -0.1) is 17.9 Å². The smallest absolute Gasteiger partial charge is 0.0170 e. The van der Waals surface area contributed by atoms with Crippen molar-refractivity contribution in [1.82, 2.24) is 5.32 Å². The van der Waals surface area contributed by atoms with Crippen LogP contribution < -0.4 is 5.32 Å². The highest BCUT2D eigenvalue weighted by Gasteiger charge is 2.27. The van der Waals surface area contributed by atoms with Crippen LogP contribution in [0.4, 0.5) is 0 Å². The molecular weight excluding hydrogens is 214 g/mol. The molecule has 2 rings (SSSR count). The largest absolute Gasteiger partial charge is 0.313 e. The third-order valence-electron chi connectivity index (χ3n) is 3.47. The van der Waals surface area contributed by atoms with Crippen molar-refractivity contribution in [2.24, 2.45) is 0 Å². The summed E-state index contributed by atoms with van der Waals surface area (Å²) in [5.74, 6) is 0.702. The van der Waals surface area contributed by atoms with E-state index in [-0.39, 0.29) is 0 Å². The summed E-state index contributed by atoms with van der Waals surface area (Å²) in [7, 11) is 0. The average molecular weight is 235 g/mol. The molecule has 1 aliphatic carbocycles. The molecule has 2 unspecified atom stereocenters. The average Bonchev–Trinajstić information content (AvgIpc) is 2.76. The van der Waals surface area contributed by atoms with Gasteiger partial charge >= 0.3 is 0 Å². The number of nitrogens with one attached hydrogen (secondary N) is 1. The monoisotopic (exact) mass is 235 g/mol. The number of hydrogen-bond acceptors (Lipinski definition) is 2. The van der Waals surface area contributed by atoms with E-state index < -0.39 is 0 Å². The maximum Gasteiger partial charge on any atom is 0.0170 e. The van der Waals surface area contributed by atoms with E-state index in [4.69, 9.17) is 0 Å². The van der Waals surface area contributed by atoms with E-state index in [1.54, 1.807) is 10.4 Å². The fourth-order valence-electron chi connectivity index (χ4n) is 2.77. The Hall–Kier alpha value is -0.600. The van der Waals surface area contributed by atoms with Gasteiger partial charge in [-0.1, -0.05) is 13.0 Å². The standard InChI is InChI=1S/C14H21NS/c1-3-6-13(15-4-2)11-7-5-8-14-12(11)9-10-16-14/h3,9-11,13,15H,1,4-8H2,2H3. The normalized spacial score (nSPS) is 21.4. The maximum absolute atomic E-state index is 3.88. The Morgan fingerprint density at radius 2 is 2.56 bits per heavy atom. The SMILES string of the molecule is C=CCC(NCC)C1CCCc2sccc21. The Bertz CT molecular complexity index is 342. The molecular formula is C14H21NS. The second-order valence-electron chi connectivity index (χ2n) is 4.49. The van der Waals surface area contributed by atoms with Crippen molar-refractivity contribution in [2.75, 3.05) is 6.54 Å². The molecule has 0 radical (unpaired) electrons. The predicted octanol–water partition coefficient (Wildman–Crippen LogP) is 3.72. The van der Waals surface area contributed by atoms with E-state index in [9.17, 15) is 0 Å². The van der Waals surface area contributed by atoms with E-state index in [0.717, 1.165) is 13.0 Å². The van der Waals surface area contributed by atoms with Crippen LogP contribution in [0, 0.1) is 0 Å². The Balaban J connectivity index is 2.17. The van der Waals surface area contributed by atoms with Crippen LogP contribution in [-0.4, -0.2) is 12.6 Å². The number of fused-ring (bicyclic) bond motifs is 1. The minimum Gasteiger partial charge on any atom is -0.313 e. The van der Waals surface area contributed by atoms with Crippen molar-refractivity contribution >= 4 is 11.3 Å². The Morgan fingerprint density at radius 3 is 3.31 bits per heavy atom. The Kier molecular flexibility index (Phi) is 4.19. The molecule has 2 heteroatoms. The molecule has 0 aromatic carbocycles. The summed E-state index contributed by atoms with van der Waals surface area (Å²) in [6.07, 6.45) is 7.09. The lowest BCUT2D eigenvalue weighted by Gasteiger charge is -2.30. The lowest BCUT2D eigenvalue weighted by molar-refractivity contribution is 0.403. The maximum atomic E-state index is 3.88. The summed E-state index contributed by atoms with van der Waals surface area (Å²) in [5, 5.41) is 5.87. The molecule has 1 aliphatic rings. The number of thiophene rings is 1. The van der Waals surface area contributed by atoms with Crippen LogP contribution in [-0.2, 0) is 6.42 Å². The Morgan fingerprint density at radius 1 is 1.69 bits per heavy atom. The Labute approximate surface area is 103 Å². The number of likely N-dealkylation sites (N-methyl/N-ethyl adjacent to an activating group) is 1. The minimum absolute atomic E-state index is 0.580. The fourth-order valence-corrected chi connectivity index (χ4v) is 3.77. The summed E-state index contributed by atoms with van der Waals surface area (Å²) in [5.41, 5.74) is 1.60. The van der Waals surface area contributed by atoms with Crippen molar-refractivity contribution in [3.05, 3.63) is 34.5 Å². The van der Waals surface area contributed by atoms with Crippen LogP contribution >= 0.6 is 11.3 Å². The molecule has 16 heavy (non-hydrogen) atoms. The van der Waals surface area contributed by atoms with Crippen LogP contribution in [0.3, 0.4) is 0 Å². The molecule has 1 heterocycles. The third-order valence-corrected chi connectivity index (χ3v) is 4.47. The summed E-state index contributed by atoms with van der Waals surface area (Å²) >= 11 is 1.93. The quantitative estimate of drug-likeness (QED) is 0.767. The van der Waals surface area contributed by atoms with Crippen LogP contribution in [0.15, 0.2) is 24.1 Å². The molecule has 0 saturated heterocycles. The van der Waals surface area contributed by atoms with Gasteiger partial charge in [-0.2, -0.15) is 0 Å². The van der Waals surface area contributed by atoms with Gasteiger partial charge in [0.25, 0.3) is 0 Å². The number of rotatable bonds is 5. The van der Waals surface area contributed by atoms with E-state index in [1.165, 1.54) is 19.3 Å². The van der Waals surface area contributed by atoms with Crippen LogP contribution in [0.1, 0.15) is 42.5 Å². The van der Waals surface area contributed by atoms with Gasteiger partial charge in [0.1, 0.15) is 0 Å². The first kappa shape index (κ1) is 11.9. The van der Waals surface area contributed by atoms with Crippen LogP contribution in [0.25, 0.3) is 0 Å². The molecule has 88 valence electrons. The molecule has 0 aliphatic heterocycles. The third kappa shape index (κ3) is 2.38. The predicted molar refractivity (Wildman–Crippen MR) is 72.3 cm³/mol. The summed E-state index contributed by atoms with van der Waals surface area (Å²) in [4.78, 5) is 1.61. The van der Waals surface area contributed by atoms with Crippen LogP contribution in [0.2, 0.25) is 0 Å². The van der Waals surface area contributed by atoms with Gasteiger partial charge in [0.05, 0.1) is 0 Å². The topological polar surface area (TPSA) is 12.0 Å². The molecule has 0 amide bonds. The molecule has 2 atom stereocenters. The molecule has 0 spiro atoms. The van der Waals surface area contributed by atoms with E-state index in [1.807, 2.05) is 17.4 Å². The van der Waals surface area contributed by atoms with E-state index >= 15 is 0 Å². The summed E-state index contributed by atoms with van der Waals surface area (Å²) in [6, 6.07) is 2.91. The first-order valence-corrected chi connectivity index (χ1v) is 7.15. The molecule has 1 aromatic rings. The molecule has 1 N–H and O–H groups in total. The van der Waals surface area contributed by atoms with Crippen molar-refractivity contribution in [2.45, 2.75) is 44.6 Å². The highest BCUT2D eigenvalue weighted by molar-refractivity contribution is 7.10. The molecule has 0 fully saturated rings. The first-order chi connectivity index (χ1) is 7.86. The summed E-state index contributed by atoms with van der Waals surface area (Å²) < 4.78 is 0. The van der Waals surface area contributed by atoms with E-state index in [0.29, 0.717) is 12.0 Å². The second kappa shape index (κ2) is 5.65. The van der Waals surface area contributed by atoms with Crippen molar-refractivity contribution < 1.29 is 0 Å². The molecule has 1 aromatic heterocycles. The second-order valence-corrected chi connectivity index (χ2v) is 5.49. The number of aryl methyl sites for hydroxylation is 1. The zero-order valence-electron chi connectivity index (χ0n) is 10.0. The van der Waals surface area contributed by atoms with Gasteiger partial charge < -0.3 is 5.32 Å². The zero-order chi connectivity index (χ0) is 11.4. The summed E-state index contributed by atoms with van der Waals surface area (Å²) in [6.45, 7) is 7.12. The van der Waals surface area contributed by atoms with Crippen molar-refractivity contribution in [3.63, 3.8) is 0 Å². The highest BCUT2D eigenvalue weighted by atomic mass is 32.1. The van der Waals surface area contributed by atoms with Crippen molar-refractivity contribution in [3.8, 4) is 0 Å². The fraction of sp³-hybridized carbons (Fsp3) is 0.571. The zero-order valence-corrected chi connectivity index (χ0v) is 10.9. The molecule has 0 bridgehead atoms. The van der Waals surface area contributed by atoms with Gasteiger partial charge in [0, 0.05) is 16.8 Å². The number of hydrogen-bond donors (Lipinski definition) is 1. The van der Waals surface area contributed by atoms with Gasteiger partial charge in [-0.25, -0.2) is 0 Å². The van der Waals surface area contributed by atoms with Gasteiger partial charge in [-0.3, -0.25) is 0 Å². The van der Waals surface area contributed by atoms with E-state index in [2.05, 4.69) is 30.3 Å². The minimum atomic E-state index is 0.580. The molecule has 0 saturated carbocycles. The highest BCUT2D eigenvalue weighted by Crippen LogP contribution is 2.37. The first-order valence-electron chi connectivity index (χ1n) is 6.27. The van der Waals surface area contributed by atoms with Crippen LogP contribution in [0.5, 0.6) is 0 Å². The lowest BCUT2D eigenvalue weighted by atomic mass is 9.81. The van der Waals surface area contributed by atoms with Gasteiger partial charge in [-0.05, 0) is 49.2 Å². The van der Waals surface area contributed by atoms with Gasteiger partial charge in [0.2, 0.25) is 0 Å². The molecule has 1 nitrogen and oxygen atoms in total. The van der Waals surface area contributed by atoms with Gasteiger partial charge in [0.15, 0.2) is 0 Å². The van der Waals surface area contributed by atoms with Crippen molar-refractivity contribution in [1.29, 1.82) is 0 Å².